The van der Waals surface area contributed by atoms with Gasteiger partial charge in [-0.2, -0.15) is 5.10 Å². The molecule has 2 unspecified atom stereocenters. The summed E-state index contributed by atoms with van der Waals surface area (Å²) in [6.07, 6.45) is 14.4. The van der Waals surface area contributed by atoms with Crippen molar-refractivity contribution in [1.82, 2.24) is 24.6 Å². The maximum Gasteiger partial charge on any atom is 0.284 e. The molecule has 1 amide bonds. The Morgan fingerprint density at radius 3 is 2.67 bits per heavy atom. The van der Waals surface area contributed by atoms with Crippen LogP contribution in [0.15, 0.2) is 46.9 Å². The van der Waals surface area contributed by atoms with Crippen LogP contribution in [0.5, 0.6) is 0 Å². The maximum atomic E-state index is 14.1. The van der Waals surface area contributed by atoms with Gasteiger partial charge in [-0.3, -0.25) is 9.48 Å². The molecule has 294 valence electrons. The molecule has 0 radical (unpaired) electrons. The Bertz CT molecular complexity index is 1720. The Morgan fingerprint density at radius 1 is 1.09 bits per heavy atom. The van der Waals surface area contributed by atoms with E-state index in [0.29, 0.717) is 62.2 Å². The van der Waals surface area contributed by atoms with Gasteiger partial charge in [0.05, 0.1) is 50.4 Å². The standard InChI is InChI=1S/C40H55F2N7O5/c1-27-19-30-9-11-40(21-27,22-30)54-18-17-52-16-15-51-14-13-48(2)24-29-5-7-32(8-6-29)49-25-33(36(47-49)37(41)42)45-38(50)34-26-53-39(46-34)31-10-12-43-35(20-31)44-23-28-3-4-28/h9-10,12,20,25-29,32,37H,3-8,11,13-19,21-24H2,1-2H3,(H,43,44)(H,45,50)/t27?,29-,32-,40?. The number of likely N-dealkylation sites (N-methyl/N-ethyl adjacent to an activating group) is 1. The molecule has 2 atom stereocenters. The van der Waals surface area contributed by atoms with Gasteiger partial charge in [-0.15, -0.1) is 0 Å². The molecule has 14 heteroatoms. The number of carbonyl (C=O) groups is 1. The zero-order valence-electron chi connectivity index (χ0n) is 31.6. The van der Waals surface area contributed by atoms with Gasteiger partial charge in [-0.25, -0.2) is 18.7 Å². The lowest BCUT2D eigenvalue weighted by Gasteiger charge is -2.36. The molecule has 54 heavy (non-hydrogen) atoms. The van der Waals surface area contributed by atoms with Crippen molar-refractivity contribution in [3.63, 3.8) is 0 Å². The number of hydrogen-bond donors (Lipinski definition) is 2. The average Bonchev–Trinajstić information content (AvgIpc) is 3.53. The van der Waals surface area contributed by atoms with Gasteiger partial charge in [0, 0.05) is 37.6 Å². The Kier molecular flexibility index (Phi) is 12.7. The van der Waals surface area contributed by atoms with E-state index < -0.39 is 18.0 Å². The van der Waals surface area contributed by atoms with E-state index in [1.807, 2.05) is 6.07 Å². The Balaban J connectivity index is 0.791. The van der Waals surface area contributed by atoms with Crippen LogP contribution in [0.1, 0.15) is 99.8 Å². The molecule has 0 aliphatic heterocycles. The van der Waals surface area contributed by atoms with Crippen molar-refractivity contribution in [2.45, 2.75) is 89.2 Å². The highest BCUT2D eigenvalue weighted by atomic mass is 19.3. The van der Waals surface area contributed by atoms with Crippen molar-refractivity contribution in [2.24, 2.45) is 17.8 Å². The number of nitrogens with one attached hydrogen (secondary N) is 2. The van der Waals surface area contributed by atoms with Gasteiger partial charge >= 0.3 is 0 Å². The summed E-state index contributed by atoms with van der Waals surface area (Å²) in [5.41, 5.74) is 1.75. The number of pyridine rings is 1. The normalized spacial score (nSPS) is 24.0. The SMILES string of the molecule is CC1CC2=CCC(OCCOCCOCCN(C)C[C@H]3CC[C@H](n4cc(NC(=O)c5coc(-c6ccnc(NCC7CC7)c6)n5)c(C(F)F)n4)CC3)(C2)C1. The number of amides is 1. The van der Waals surface area contributed by atoms with Crippen molar-refractivity contribution in [3.8, 4) is 11.5 Å². The molecule has 3 heterocycles. The Hall–Kier alpha value is -3.72. The van der Waals surface area contributed by atoms with Crippen LogP contribution in [0.4, 0.5) is 20.3 Å². The summed E-state index contributed by atoms with van der Waals surface area (Å²) in [6, 6.07) is 3.53. The molecule has 0 spiro atoms. The largest absolute Gasteiger partial charge is 0.444 e. The second-order valence-corrected chi connectivity index (χ2v) is 15.9. The summed E-state index contributed by atoms with van der Waals surface area (Å²) in [6.45, 7) is 7.92. The van der Waals surface area contributed by atoms with Crippen molar-refractivity contribution in [1.29, 1.82) is 0 Å². The minimum atomic E-state index is -2.84. The van der Waals surface area contributed by atoms with Crippen LogP contribution in [0.3, 0.4) is 0 Å². The second-order valence-electron chi connectivity index (χ2n) is 15.9. The highest BCUT2D eigenvalue weighted by Gasteiger charge is 2.41. The first-order valence-corrected chi connectivity index (χ1v) is 19.7. The van der Waals surface area contributed by atoms with Crippen LogP contribution < -0.4 is 10.6 Å². The number of fused-ring (bicyclic) bond motifs is 2. The summed E-state index contributed by atoms with van der Waals surface area (Å²) in [7, 11) is 2.11. The lowest BCUT2D eigenvalue weighted by Crippen LogP contribution is -2.36. The first kappa shape index (κ1) is 38.6. The summed E-state index contributed by atoms with van der Waals surface area (Å²) in [5, 5.41) is 10.1. The number of alkyl halides is 2. The van der Waals surface area contributed by atoms with E-state index in [9.17, 15) is 13.6 Å². The highest BCUT2D eigenvalue weighted by molar-refractivity contribution is 6.03. The van der Waals surface area contributed by atoms with Gasteiger partial charge in [0.1, 0.15) is 12.1 Å². The molecule has 2 bridgehead atoms. The van der Waals surface area contributed by atoms with Crippen molar-refractivity contribution in [3.05, 3.63) is 53.8 Å². The molecule has 4 aliphatic rings. The average molecular weight is 752 g/mol. The second kappa shape index (κ2) is 17.8. The molecule has 4 aliphatic carbocycles. The van der Waals surface area contributed by atoms with Crippen molar-refractivity contribution in [2.75, 3.05) is 70.3 Å². The molecule has 0 saturated heterocycles. The highest BCUT2D eigenvalue weighted by Crippen LogP contribution is 2.46. The summed E-state index contributed by atoms with van der Waals surface area (Å²) < 4.78 is 53.2. The lowest BCUT2D eigenvalue weighted by atomic mass is 9.80. The van der Waals surface area contributed by atoms with Crippen LogP contribution in [-0.2, 0) is 14.2 Å². The minimum absolute atomic E-state index is 0.0138. The predicted molar refractivity (Wildman–Crippen MR) is 201 cm³/mol. The molecule has 3 saturated carbocycles. The van der Waals surface area contributed by atoms with Gasteiger partial charge in [-0.05, 0) is 101 Å². The number of ether oxygens (including phenoxy) is 3. The molecule has 0 aromatic carbocycles. The van der Waals surface area contributed by atoms with Crippen LogP contribution >= 0.6 is 0 Å². The smallest absolute Gasteiger partial charge is 0.284 e. The molecule has 3 fully saturated rings. The first-order chi connectivity index (χ1) is 26.2. The van der Waals surface area contributed by atoms with Crippen LogP contribution in [-0.4, -0.2) is 95.9 Å². The van der Waals surface area contributed by atoms with Crippen LogP contribution in [0.25, 0.3) is 11.5 Å². The number of oxazole rings is 1. The Morgan fingerprint density at radius 2 is 1.87 bits per heavy atom. The number of nitrogens with zero attached hydrogens (tertiary/aromatic N) is 5. The van der Waals surface area contributed by atoms with Gasteiger partial charge in [0.2, 0.25) is 5.89 Å². The van der Waals surface area contributed by atoms with Crippen molar-refractivity contribution >= 4 is 17.4 Å². The van der Waals surface area contributed by atoms with E-state index >= 15 is 0 Å². The fourth-order valence-corrected chi connectivity index (χ4v) is 8.28. The van der Waals surface area contributed by atoms with E-state index in [1.165, 1.54) is 31.7 Å². The van der Waals surface area contributed by atoms with Crippen LogP contribution in [0.2, 0.25) is 0 Å². The molecular weight excluding hydrogens is 696 g/mol. The molecule has 3 aromatic rings. The van der Waals surface area contributed by atoms with E-state index in [2.05, 4.69) is 50.6 Å². The van der Waals surface area contributed by atoms with E-state index in [0.717, 1.165) is 64.6 Å². The fraction of sp³-hybridized carbons (Fsp3) is 0.650. The van der Waals surface area contributed by atoms with Gasteiger partial charge < -0.3 is 34.2 Å². The third kappa shape index (κ3) is 10.3. The Labute approximate surface area is 316 Å². The molecule has 2 N–H and O–H groups in total. The third-order valence-corrected chi connectivity index (χ3v) is 11.3. The third-order valence-electron chi connectivity index (χ3n) is 11.3. The number of aromatic nitrogens is 4. The molecule has 7 rings (SSSR count). The number of anilines is 2. The number of carbonyl (C=O) groups excluding carboxylic acids is 1. The summed E-state index contributed by atoms with van der Waals surface area (Å²) >= 11 is 0. The van der Waals surface area contributed by atoms with Crippen LogP contribution in [0, 0.1) is 17.8 Å². The summed E-state index contributed by atoms with van der Waals surface area (Å²) in [4.78, 5) is 24.0. The number of hydrogen-bond acceptors (Lipinski definition) is 10. The van der Waals surface area contributed by atoms with E-state index in [-0.39, 0.29) is 28.9 Å². The number of rotatable bonds is 20. The van der Waals surface area contributed by atoms with Gasteiger partial charge in [0.15, 0.2) is 11.4 Å². The lowest BCUT2D eigenvalue weighted by molar-refractivity contribution is -0.0820. The van der Waals surface area contributed by atoms with Crippen molar-refractivity contribution < 1.29 is 32.2 Å². The zero-order chi connectivity index (χ0) is 37.5. The van der Waals surface area contributed by atoms with Gasteiger partial charge in [-0.1, -0.05) is 18.6 Å². The topological polar surface area (TPSA) is 129 Å². The molecule has 3 aromatic heterocycles. The molecule has 12 nitrogen and oxygen atoms in total. The minimum Gasteiger partial charge on any atom is -0.444 e. The summed E-state index contributed by atoms with van der Waals surface area (Å²) in [5.74, 6) is 2.19. The van der Waals surface area contributed by atoms with E-state index in [1.54, 1.807) is 22.5 Å². The number of halogens is 2. The van der Waals surface area contributed by atoms with Gasteiger partial charge in [0.25, 0.3) is 12.3 Å². The monoisotopic (exact) mass is 751 g/mol. The predicted octanol–water partition coefficient (Wildman–Crippen LogP) is 7.55. The molecular formula is C40H55F2N7O5. The first-order valence-electron chi connectivity index (χ1n) is 19.7. The van der Waals surface area contributed by atoms with E-state index in [4.69, 9.17) is 18.6 Å². The fourth-order valence-electron chi connectivity index (χ4n) is 8.28. The quantitative estimate of drug-likeness (QED) is 0.0883. The maximum absolute atomic E-state index is 14.1. The zero-order valence-corrected chi connectivity index (χ0v) is 31.6.